The number of benzene rings is 2. The standard InChI is InChI=1S/C20H17BrF3NO4/c21-19(11-27-12-19)10-25-7-8-28-17-6-3-14(9-16(17)18(25)26)13-1-4-15(5-2-13)29-20(22,23)24/h1-6,9H,7-8,10-12H2. The van der Waals surface area contributed by atoms with Crippen LogP contribution in [-0.2, 0) is 4.74 Å². The van der Waals surface area contributed by atoms with Crippen molar-refractivity contribution >= 4 is 21.8 Å². The van der Waals surface area contributed by atoms with Crippen LogP contribution in [0.2, 0.25) is 0 Å². The summed E-state index contributed by atoms with van der Waals surface area (Å²) < 4.78 is 51.6. The molecule has 0 unspecified atom stereocenters. The van der Waals surface area contributed by atoms with Gasteiger partial charge < -0.3 is 19.1 Å². The number of amides is 1. The number of fused-ring (bicyclic) bond motifs is 1. The number of carbonyl (C=O) groups is 1. The molecular weight excluding hydrogens is 455 g/mol. The summed E-state index contributed by atoms with van der Waals surface area (Å²) in [6.07, 6.45) is -4.74. The summed E-state index contributed by atoms with van der Waals surface area (Å²) >= 11 is 3.62. The molecule has 0 aromatic heterocycles. The lowest BCUT2D eigenvalue weighted by molar-refractivity contribution is -0.274. The zero-order valence-corrected chi connectivity index (χ0v) is 16.8. The molecule has 0 bridgehead atoms. The maximum absolute atomic E-state index is 13.1. The van der Waals surface area contributed by atoms with E-state index in [1.165, 1.54) is 24.3 Å². The Labute approximate surface area is 173 Å². The van der Waals surface area contributed by atoms with Crippen molar-refractivity contribution < 1.29 is 32.2 Å². The van der Waals surface area contributed by atoms with Crippen LogP contribution in [0.4, 0.5) is 13.2 Å². The van der Waals surface area contributed by atoms with E-state index < -0.39 is 6.36 Å². The van der Waals surface area contributed by atoms with Crippen molar-refractivity contribution in [2.45, 2.75) is 10.7 Å². The number of alkyl halides is 4. The van der Waals surface area contributed by atoms with Crippen molar-refractivity contribution in [1.82, 2.24) is 4.90 Å². The van der Waals surface area contributed by atoms with Gasteiger partial charge in [0.2, 0.25) is 0 Å². The van der Waals surface area contributed by atoms with Crippen LogP contribution < -0.4 is 9.47 Å². The molecule has 2 aliphatic heterocycles. The van der Waals surface area contributed by atoms with E-state index in [-0.39, 0.29) is 16.0 Å². The summed E-state index contributed by atoms with van der Waals surface area (Å²) in [7, 11) is 0. The second-order valence-electron chi connectivity index (χ2n) is 7.00. The zero-order chi connectivity index (χ0) is 20.6. The fourth-order valence-corrected chi connectivity index (χ4v) is 3.92. The molecule has 5 nitrogen and oxygen atoms in total. The van der Waals surface area contributed by atoms with Gasteiger partial charge in [0.1, 0.15) is 18.1 Å². The Morgan fingerprint density at radius 1 is 1.10 bits per heavy atom. The van der Waals surface area contributed by atoms with E-state index in [2.05, 4.69) is 20.7 Å². The number of rotatable bonds is 4. The molecule has 0 saturated carbocycles. The lowest BCUT2D eigenvalue weighted by Crippen LogP contribution is -2.54. The van der Waals surface area contributed by atoms with E-state index in [1.54, 1.807) is 23.1 Å². The number of nitrogens with zero attached hydrogens (tertiary/aromatic N) is 1. The first-order valence-electron chi connectivity index (χ1n) is 8.91. The van der Waals surface area contributed by atoms with E-state index in [9.17, 15) is 18.0 Å². The van der Waals surface area contributed by atoms with Gasteiger partial charge in [-0.3, -0.25) is 4.79 Å². The topological polar surface area (TPSA) is 48.0 Å². The van der Waals surface area contributed by atoms with Gasteiger partial charge in [0.15, 0.2) is 0 Å². The third kappa shape index (κ3) is 4.51. The highest BCUT2D eigenvalue weighted by Gasteiger charge is 2.39. The largest absolute Gasteiger partial charge is 0.573 e. The third-order valence-corrected chi connectivity index (χ3v) is 5.44. The van der Waals surface area contributed by atoms with Crippen LogP contribution in [0.5, 0.6) is 11.5 Å². The Morgan fingerprint density at radius 2 is 1.79 bits per heavy atom. The predicted octanol–water partition coefficient (Wildman–Crippen LogP) is 4.25. The zero-order valence-electron chi connectivity index (χ0n) is 15.2. The number of hydrogen-bond acceptors (Lipinski definition) is 4. The molecule has 2 aromatic carbocycles. The second-order valence-corrected chi connectivity index (χ2v) is 8.68. The van der Waals surface area contributed by atoms with Crippen LogP contribution in [0.3, 0.4) is 0 Å². The lowest BCUT2D eigenvalue weighted by atomic mass is 10.0. The van der Waals surface area contributed by atoms with Crippen molar-refractivity contribution in [2.75, 3.05) is 32.9 Å². The molecule has 9 heteroatoms. The molecule has 1 fully saturated rings. The molecular formula is C20H17BrF3NO4. The summed E-state index contributed by atoms with van der Waals surface area (Å²) in [4.78, 5) is 14.8. The molecule has 0 aliphatic carbocycles. The maximum Gasteiger partial charge on any atom is 0.573 e. The van der Waals surface area contributed by atoms with Gasteiger partial charge in [0.05, 0.1) is 29.6 Å². The van der Waals surface area contributed by atoms with Crippen LogP contribution >= 0.6 is 15.9 Å². The van der Waals surface area contributed by atoms with E-state index in [1.807, 2.05) is 0 Å². The minimum absolute atomic E-state index is 0.151. The van der Waals surface area contributed by atoms with Crippen molar-refractivity contribution in [3.8, 4) is 22.6 Å². The monoisotopic (exact) mass is 471 g/mol. The molecule has 0 atom stereocenters. The minimum Gasteiger partial charge on any atom is -0.491 e. The first-order chi connectivity index (χ1) is 13.7. The van der Waals surface area contributed by atoms with Gasteiger partial charge in [-0.1, -0.05) is 34.1 Å². The molecule has 0 spiro atoms. The molecule has 4 rings (SSSR count). The van der Waals surface area contributed by atoms with E-state index in [0.717, 1.165) is 0 Å². The molecule has 0 N–H and O–H groups in total. The number of halogens is 4. The third-order valence-electron chi connectivity index (χ3n) is 4.73. The summed E-state index contributed by atoms with van der Waals surface area (Å²) in [6, 6.07) is 10.7. The lowest BCUT2D eigenvalue weighted by Gasteiger charge is -2.39. The molecule has 2 heterocycles. The Hall–Kier alpha value is -2.26. The average Bonchev–Trinajstić information content (AvgIpc) is 2.79. The molecule has 1 amide bonds. The first kappa shape index (κ1) is 20.0. The van der Waals surface area contributed by atoms with Crippen LogP contribution in [0.15, 0.2) is 42.5 Å². The van der Waals surface area contributed by atoms with Crippen molar-refractivity contribution in [3.63, 3.8) is 0 Å². The summed E-state index contributed by atoms with van der Waals surface area (Å²) in [6.45, 7) is 2.42. The molecule has 2 aliphatic rings. The SMILES string of the molecule is O=C1c2cc(-c3ccc(OC(F)(F)F)cc3)ccc2OCCN1CC1(Br)COC1. The van der Waals surface area contributed by atoms with Gasteiger partial charge in [0, 0.05) is 6.54 Å². The normalized spacial score (nSPS) is 18.3. The van der Waals surface area contributed by atoms with E-state index in [4.69, 9.17) is 9.47 Å². The Bertz CT molecular complexity index is 913. The molecule has 154 valence electrons. The van der Waals surface area contributed by atoms with Crippen molar-refractivity contribution in [2.24, 2.45) is 0 Å². The molecule has 29 heavy (non-hydrogen) atoms. The summed E-state index contributed by atoms with van der Waals surface area (Å²) in [5.41, 5.74) is 1.78. The summed E-state index contributed by atoms with van der Waals surface area (Å²) in [5, 5.41) is 0. The van der Waals surface area contributed by atoms with Gasteiger partial charge >= 0.3 is 6.36 Å². The molecule has 2 aromatic rings. The average molecular weight is 472 g/mol. The maximum atomic E-state index is 13.1. The van der Waals surface area contributed by atoms with Crippen molar-refractivity contribution in [3.05, 3.63) is 48.0 Å². The number of ether oxygens (including phenoxy) is 3. The van der Waals surface area contributed by atoms with Crippen LogP contribution in [-0.4, -0.2) is 54.4 Å². The fourth-order valence-electron chi connectivity index (χ4n) is 3.30. The van der Waals surface area contributed by atoms with Crippen LogP contribution in [0.1, 0.15) is 10.4 Å². The van der Waals surface area contributed by atoms with Gasteiger partial charge in [-0.05, 0) is 35.4 Å². The van der Waals surface area contributed by atoms with E-state index in [0.29, 0.717) is 55.4 Å². The minimum atomic E-state index is -4.74. The first-order valence-corrected chi connectivity index (χ1v) is 9.71. The second kappa shape index (κ2) is 7.53. The smallest absolute Gasteiger partial charge is 0.491 e. The fraction of sp³-hybridized carbons (Fsp3) is 0.350. The van der Waals surface area contributed by atoms with E-state index >= 15 is 0 Å². The highest BCUT2D eigenvalue weighted by atomic mass is 79.9. The number of hydrogen-bond donors (Lipinski definition) is 0. The molecule has 0 radical (unpaired) electrons. The summed E-state index contributed by atoms with van der Waals surface area (Å²) in [5.74, 6) is 0.0424. The predicted molar refractivity (Wildman–Crippen MR) is 102 cm³/mol. The van der Waals surface area contributed by atoms with Crippen molar-refractivity contribution in [1.29, 1.82) is 0 Å². The highest BCUT2D eigenvalue weighted by Crippen LogP contribution is 2.33. The Morgan fingerprint density at radius 3 is 2.41 bits per heavy atom. The quantitative estimate of drug-likeness (QED) is 0.625. The molecule has 1 saturated heterocycles. The van der Waals surface area contributed by atoms with Gasteiger partial charge in [-0.15, -0.1) is 13.2 Å². The Kier molecular flexibility index (Phi) is 5.20. The van der Waals surface area contributed by atoms with Crippen LogP contribution in [0, 0.1) is 0 Å². The van der Waals surface area contributed by atoms with Crippen LogP contribution in [0.25, 0.3) is 11.1 Å². The van der Waals surface area contributed by atoms with Gasteiger partial charge in [0.25, 0.3) is 5.91 Å². The van der Waals surface area contributed by atoms with Gasteiger partial charge in [-0.25, -0.2) is 0 Å². The highest BCUT2D eigenvalue weighted by molar-refractivity contribution is 9.10. The number of carbonyl (C=O) groups excluding carboxylic acids is 1. The Balaban J connectivity index is 1.58. The van der Waals surface area contributed by atoms with Gasteiger partial charge in [-0.2, -0.15) is 0 Å².